The van der Waals surface area contributed by atoms with Gasteiger partial charge in [0.15, 0.2) is 0 Å². The molecule has 0 saturated carbocycles. The maximum absolute atomic E-state index is 9.52. The van der Waals surface area contributed by atoms with Gasteiger partial charge in [0, 0.05) is 5.88 Å². The van der Waals surface area contributed by atoms with Gasteiger partial charge in [-0.1, -0.05) is 0 Å². The highest BCUT2D eigenvalue weighted by Gasteiger charge is 1.94. The molecule has 44 valence electrons. The summed E-state index contributed by atoms with van der Waals surface area (Å²) < 4.78 is 0. The molecule has 0 rings (SSSR count). The molecular formula is C3H4ClN3O. The van der Waals surface area contributed by atoms with Gasteiger partial charge in [-0.15, -0.1) is 16.5 Å². The Hall–Kier alpha value is -0.820. The summed E-state index contributed by atoms with van der Waals surface area (Å²) in [7, 11) is 0. The van der Waals surface area contributed by atoms with Crippen molar-refractivity contribution in [3.63, 3.8) is 0 Å². The van der Waals surface area contributed by atoms with Crippen molar-refractivity contribution >= 4 is 11.6 Å². The van der Waals surface area contributed by atoms with Gasteiger partial charge in [0.05, 0.1) is 11.8 Å². The smallest absolute Gasteiger partial charge is 0.171 e. The summed E-state index contributed by atoms with van der Waals surface area (Å²) in [6.45, 7) is 0.182. The summed E-state index contributed by atoms with van der Waals surface area (Å²) in [5.41, 5.74) is 0. The van der Waals surface area contributed by atoms with Crippen LogP contribution in [0.4, 0.5) is 0 Å². The highest BCUT2D eigenvalue weighted by molar-refractivity contribution is 6.18. The Balaban J connectivity index is 3.40. The van der Waals surface area contributed by atoms with Gasteiger partial charge in [0.1, 0.15) is 0 Å². The molecule has 0 amide bonds. The van der Waals surface area contributed by atoms with Crippen LogP contribution in [-0.4, -0.2) is 17.4 Å². The molecule has 5 heteroatoms. The number of alkyl halides is 1. The summed E-state index contributed by atoms with van der Waals surface area (Å²) in [4.78, 5) is 9.52. The van der Waals surface area contributed by atoms with E-state index >= 15 is 0 Å². The number of hydrogen-bond donors (Lipinski definition) is 0. The van der Waals surface area contributed by atoms with Crippen LogP contribution in [-0.2, 0) is 0 Å². The van der Waals surface area contributed by atoms with E-state index in [9.17, 15) is 4.91 Å². The molecule has 0 fully saturated rings. The summed E-state index contributed by atoms with van der Waals surface area (Å²) >= 11 is 5.16. The van der Waals surface area contributed by atoms with Gasteiger partial charge in [-0.2, -0.15) is 10.3 Å². The van der Waals surface area contributed by atoms with E-state index in [-0.39, 0.29) is 12.4 Å². The average molecular weight is 134 g/mol. The van der Waals surface area contributed by atoms with E-state index in [2.05, 4.69) is 5.29 Å². The summed E-state index contributed by atoms with van der Waals surface area (Å²) in [5.74, 6) is 0.235. The van der Waals surface area contributed by atoms with Crippen molar-refractivity contribution in [1.29, 1.82) is 5.26 Å². The number of nitrogens with zero attached hydrogens (tertiary/aromatic N) is 3. The van der Waals surface area contributed by atoms with Crippen molar-refractivity contribution in [2.24, 2.45) is 5.29 Å². The normalized spacial score (nSPS) is 7.50. The monoisotopic (exact) mass is 133 g/mol. The summed E-state index contributed by atoms with van der Waals surface area (Å²) in [6, 6.07) is 0. The Morgan fingerprint density at radius 2 is 2.50 bits per heavy atom. The first-order valence-electron chi connectivity index (χ1n) is 1.91. The minimum absolute atomic E-state index is 0.182. The Labute approximate surface area is 51.6 Å². The minimum Gasteiger partial charge on any atom is -0.171 e. The van der Waals surface area contributed by atoms with Gasteiger partial charge < -0.3 is 0 Å². The second-order valence-electron chi connectivity index (χ2n) is 0.994. The predicted molar refractivity (Wildman–Crippen MR) is 28.8 cm³/mol. The van der Waals surface area contributed by atoms with Crippen LogP contribution < -0.4 is 0 Å². The molecule has 0 N–H and O–H groups in total. The molecule has 0 atom stereocenters. The molecule has 0 spiro atoms. The lowest BCUT2D eigenvalue weighted by molar-refractivity contribution is 0.437. The van der Waals surface area contributed by atoms with Crippen LogP contribution in [0.25, 0.3) is 0 Å². The Morgan fingerprint density at radius 1 is 1.88 bits per heavy atom. The molecule has 8 heavy (non-hydrogen) atoms. The lowest BCUT2D eigenvalue weighted by atomic mass is 10.7. The van der Waals surface area contributed by atoms with Crippen LogP contribution in [0.5, 0.6) is 0 Å². The topological polar surface area (TPSA) is 56.5 Å². The van der Waals surface area contributed by atoms with Gasteiger partial charge in [-0.25, -0.2) is 0 Å². The van der Waals surface area contributed by atoms with Gasteiger partial charge >= 0.3 is 0 Å². The molecule has 0 aliphatic heterocycles. The van der Waals surface area contributed by atoms with E-state index in [4.69, 9.17) is 16.9 Å². The zero-order valence-corrected chi connectivity index (χ0v) is 4.80. The molecule has 0 aliphatic rings. The first kappa shape index (κ1) is 7.18. The Morgan fingerprint density at radius 3 is 2.62 bits per heavy atom. The highest BCUT2D eigenvalue weighted by atomic mass is 35.5. The van der Waals surface area contributed by atoms with Crippen molar-refractivity contribution in [2.75, 3.05) is 12.4 Å². The second kappa shape index (κ2) is 4.34. The van der Waals surface area contributed by atoms with Crippen LogP contribution in [0.1, 0.15) is 0 Å². The fraction of sp³-hybridized carbons (Fsp3) is 0.667. The molecule has 0 unspecified atom stereocenters. The molecule has 0 radical (unpaired) electrons. The zero-order valence-electron chi connectivity index (χ0n) is 4.04. The molecule has 0 saturated heterocycles. The third-order valence-electron chi connectivity index (χ3n) is 0.510. The summed E-state index contributed by atoms with van der Waals surface area (Å²) in [6.07, 6.45) is 1.52. The van der Waals surface area contributed by atoms with E-state index in [0.29, 0.717) is 5.01 Å². The molecule has 0 aromatic rings. The Kier molecular flexibility index (Phi) is 3.90. The molecule has 0 aliphatic carbocycles. The van der Waals surface area contributed by atoms with Crippen LogP contribution in [0, 0.1) is 16.4 Å². The number of halogens is 1. The van der Waals surface area contributed by atoms with Crippen LogP contribution in [0.15, 0.2) is 5.29 Å². The van der Waals surface area contributed by atoms with E-state index < -0.39 is 0 Å². The van der Waals surface area contributed by atoms with Crippen molar-refractivity contribution in [1.82, 2.24) is 5.01 Å². The quantitative estimate of drug-likeness (QED) is 0.187. The van der Waals surface area contributed by atoms with Crippen LogP contribution in [0.3, 0.4) is 0 Å². The van der Waals surface area contributed by atoms with E-state index in [1.807, 2.05) is 0 Å². The first-order chi connectivity index (χ1) is 3.85. The van der Waals surface area contributed by atoms with Gasteiger partial charge in [0.2, 0.25) is 6.19 Å². The van der Waals surface area contributed by atoms with Crippen LogP contribution in [0.2, 0.25) is 0 Å². The fourth-order valence-electron chi connectivity index (χ4n) is 0.189. The summed E-state index contributed by atoms with van der Waals surface area (Å²) in [5, 5.41) is 11.0. The highest BCUT2D eigenvalue weighted by Crippen LogP contribution is 1.85. The van der Waals surface area contributed by atoms with Crippen molar-refractivity contribution in [2.45, 2.75) is 0 Å². The van der Waals surface area contributed by atoms with Crippen molar-refractivity contribution in [3.8, 4) is 6.19 Å². The third-order valence-corrected chi connectivity index (χ3v) is 0.679. The SMILES string of the molecule is N#CN(CCCl)N=O. The van der Waals surface area contributed by atoms with E-state index in [0.717, 1.165) is 0 Å². The largest absolute Gasteiger partial charge is 0.204 e. The zero-order chi connectivity index (χ0) is 6.41. The van der Waals surface area contributed by atoms with Crippen molar-refractivity contribution < 1.29 is 0 Å². The number of nitriles is 1. The third kappa shape index (κ3) is 2.37. The first-order valence-corrected chi connectivity index (χ1v) is 2.45. The van der Waals surface area contributed by atoms with Crippen LogP contribution >= 0.6 is 11.6 Å². The second-order valence-corrected chi connectivity index (χ2v) is 1.37. The van der Waals surface area contributed by atoms with Gasteiger partial charge in [0.25, 0.3) is 0 Å². The van der Waals surface area contributed by atoms with Crippen molar-refractivity contribution in [3.05, 3.63) is 4.91 Å². The number of rotatable bonds is 3. The van der Waals surface area contributed by atoms with E-state index in [1.54, 1.807) is 0 Å². The van der Waals surface area contributed by atoms with E-state index in [1.165, 1.54) is 6.19 Å². The average Bonchev–Trinajstić information content (AvgIpc) is 1.83. The number of nitroso groups, excluding NO2 is 1. The molecular weight excluding hydrogens is 130 g/mol. The maximum Gasteiger partial charge on any atom is 0.204 e. The molecule has 0 heterocycles. The molecule has 4 nitrogen and oxygen atoms in total. The molecule has 0 aromatic heterocycles. The molecule has 0 bridgehead atoms. The number of hydrogen-bond acceptors (Lipinski definition) is 3. The van der Waals surface area contributed by atoms with Gasteiger partial charge in [-0.05, 0) is 0 Å². The van der Waals surface area contributed by atoms with Gasteiger partial charge in [-0.3, -0.25) is 0 Å². The molecule has 0 aromatic carbocycles. The minimum atomic E-state index is 0.182. The Bertz CT molecular complexity index is 110. The fourth-order valence-corrected chi connectivity index (χ4v) is 0.349. The predicted octanol–water partition coefficient (Wildman–Crippen LogP) is 0.690. The lowest BCUT2D eigenvalue weighted by Crippen LogP contribution is -2.11. The lowest BCUT2D eigenvalue weighted by Gasteiger charge is -1.97. The standard InChI is InChI=1S/C3H4ClN3O/c4-1-2-7(3-5)6-8/h1-2H2. The maximum atomic E-state index is 9.52.